The molecule has 1 amide bonds. The van der Waals surface area contributed by atoms with Gasteiger partial charge in [0.1, 0.15) is 0 Å². The third-order valence-electron chi connectivity index (χ3n) is 4.31. The molecule has 0 saturated heterocycles. The number of hydrogen-bond donors (Lipinski definition) is 1. The van der Waals surface area contributed by atoms with E-state index in [4.69, 9.17) is 0 Å². The van der Waals surface area contributed by atoms with Crippen molar-refractivity contribution in [1.29, 1.82) is 0 Å². The van der Waals surface area contributed by atoms with Crippen LogP contribution in [0.1, 0.15) is 47.0 Å². The van der Waals surface area contributed by atoms with Crippen LogP contribution in [-0.4, -0.2) is 36.5 Å². The van der Waals surface area contributed by atoms with E-state index in [0.29, 0.717) is 18.5 Å². The van der Waals surface area contributed by atoms with Gasteiger partial charge in [0.2, 0.25) is 5.91 Å². The van der Waals surface area contributed by atoms with E-state index in [2.05, 4.69) is 37.9 Å². The number of rotatable bonds is 5. The van der Waals surface area contributed by atoms with Gasteiger partial charge in [-0.2, -0.15) is 0 Å². The van der Waals surface area contributed by atoms with Crippen molar-refractivity contribution >= 4 is 5.91 Å². The van der Waals surface area contributed by atoms with Crippen LogP contribution in [0.25, 0.3) is 0 Å². The minimum Gasteiger partial charge on any atom is -0.352 e. The molecular weight excluding hydrogens is 212 g/mol. The molecule has 3 unspecified atom stereocenters. The number of nitrogens with one attached hydrogen (secondary N) is 1. The van der Waals surface area contributed by atoms with Gasteiger partial charge in [-0.3, -0.25) is 9.69 Å². The van der Waals surface area contributed by atoms with Crippen LogP contribution in [-0.2, 0) is 4.79 Å². The molecule has 0 aromatic heterocycles. The molecule has 1 saturated carbocycles. The maximum atomic E-state index is 11.9. The van der Waals surface area contributed by atoms with Gasteiger partial charge >= 0.3 is 0 Å². The van der Waals surface area contributed by atoms with E-state index in [1.54, 1.807) is 0 Å². The molecule has 0 radical (unpaired) electrons. The highest BCUT2D eigenvalue weighted by molar-refractivity contribution is 5.78. The van der Waals surface area contributed by atoms with Crippen molar-refractivity contribution in [2.24, 2.45) is 11.8 Å². The summed E-state index contributed by atoms with van der Waals surface area (Å²) in [7, 11) is 0. The zero-order valence-corrected chi connectivity index (χ0v) is 11.8. The van der Waals surface area contributed by atoms with Crippen LogP contribution in [0.3, 0.4) is 0 Å². The van der Waals surface area contributed by atoms with E-state index in [1.165, 1.54) is 12.8 Å². The van der Waals surface area contributed by atoms with E-state index in [0.717, 1.165) is 25.4 Å². The van der Waals surface area contributed by atoms with Gasteiger partial charge in [-0.1, -0.05) is 40.5 Å². The van der Waals surface area contributed by atoms with Crippen molar-refractivity contribution in [3.05, 3.63) is 0 Å². The van der Waals surface area contributed by atoms with Gasteiger partial charge in [0.25, 0.3) is 0 Å². The predicted molar refractivity (Wildman–Crippen MR) is 71.9 cm³/mol. The first-order valence-electron chi connectivity index (χ1n) is 7.10. The molecule has 3 heteroatoms. The lowest BCUT2D eigenvalue weighted by atomic mass is 9.78. The number of nitrogens with zero attached hydrogens (tertiary/aromatic N) is 1. The van der Waals surface area contributed by atoms with Crippen LogP contribution in [0, 0.1) is 11.8 Å². The van der Waals surface area contributed by atoms with Crippen molar-refractivity contribution in [3.63, 3.8) is 0 Å². The fraction of sp³-hybridized carbons (Fsp3) is 0.929. The lowest BCUT2D eigenvalue weighted by Crippen LogP contribution is -2.47. The molecule has 1 rings (SSSR count). The number of amides is 1. The van der Waals surface area contributed by atoms with E-state index in [1.807, 2.05) is 0 Å². The molecule has 0 spiro atoms. The number of carbonyl (C=O) groups excluding carboxylic acids is 1. The minimum atomic E-state index is 0.194. The van der Waals surface area contributed by atoms with Gasteiger partial charge in [0.05, 0.1) is 6.54 Å². The molecule has 0 aliphatic heterocycles. The van der Waals surface area contributed by atoms with Crippen LogP contribution in [0.2, 0.25) is 0 Å². The molecule has 0 aromatic carbocycles. The largest absolute Gasteiger partial charge is 0.352 e. The molecule has 1 aliphatic rings. The van der Waals surface area contributed by atoms with Gasteiger partial charge in [-0.05, 0) is 31.3 Å². The smallest absolute Gasteiger partial charge is 0.234 e. The second-order valence-corrected chi connectivity index (χ2v) is 5.40. The zero-order chi connectivity index (χ0) is 12.8. The number of carbonyl (C=O) groups is 1. The Bertz CT molecular complexity index is 238. The SMILES string of the molecule is CCN(CC)CC(=O)NC1CCCC(C)C1C. The monoisotopic (exact) mass is 240 g/mol. The van der Waals surface area contributed by atoms with Crippen molar-refractivity contribution < 1.29 is 4.79 Å². The standard InChI is InChI=1S/C14H28N2O/c1-5-16(6-2)10-14(17)15-13-9-7-8-11(3)12(13)4/h11-13H,5-10H2,1-4H3,(H,15,17). The summed E-state index contributed by atoms with van der Waals surface area (Å²) >= 11 is 0. The first-order chi connectivity index (χ1) is 8.08. The maximum absolute atomic E-state index is 11.9. The molecule has 100 valence electrons. The first kappa shape index (κ1) is 14.5. The van der Waals surface area contributed by atoms with Crippen LogP contribution in [0.15, 0.2) is 0 Å². The highest BCUT2D eigenvalue weighted by Gasteiger charge is 2.28. The molecule has 3 atom stereocenters. The summed E-state index contributed by atoms with van der Waals surface area (Å²) in [6.07, 6.45) is 3.71. The van der Waals surface area contributed by atoms with E-state index in [-0.39, 0.29) is 5.91 Å². The highest BCUT2D eigenvalue weighted by atomic mass is 16.2. The Morgan fingerprint density at radius 2 is 1.88 bits per heavy atom. The number of likely N-dealkylation sites (N-methyl/N-ethyl adjacent to an activating group) is 1. The molecule has 0 aromatic rings. The Labute approximate surface area is 106 Å². The van der Waals surface area contributed by atoms with E-state index in [9.17, 15) is 4.79 Å². The Morgan fingerprint density at radius 3 is 2.47 bits per heavy atom. The van der Waals surface area contributed by atoms with Crippen LogP contribution in [0.4, 0.5) is 0 Å². The summed E-state index contributed by atoms with van der Waals surface area (Å²) in [6, 6.07) is 0.391. The molecular formula is C14H28N2O. The third-order valence-corrected chi connectivity index (χ3v) is 4.31. The fourth-order valence-corrected chi connectivity index (χ4v) is 2.69. The summed E-state index contributed by atoms with van der Waals surface area (Å²) in [4.78, 5) is 14.1. The summed E-state index contributed by atoms with van der Waals surface area (Å²) in [5.74, 6) is 1.55. The predicted octanol–water partition coefficient (Wildman–Crippen LogP) is 2.27. The first-order valence-corrected chi connectivity index (χ1v) is 7.10. The Morgan fingerprint density at radius 1 is 1.24 bits per heavy atom. The summed E-state index contributed by atoms with van der Waals surface area (Å²) in [5.41, 5.74) is 0. The Hall–Kier alpha value is -0.570. The van der Waals surface area contributed by atoms with Crippen LogP contribution >= 0.6 is 0 Å². The molecule has 1 N–H and O–H groups in total. The maximum Gasteiger partial charge on any atom is 0.234 e. The third kappa shape index (κ3) is 4.30. The molecule has 0 bridgehead atoms. The number of hydrogen-bond acceptors (Lipinski definition) is 2. The van der Waals surface area contributed by atoms with E-state index < -0.39 is 0 Å². The summed E-state index contributed by atoms with van der Waals surface area (Å²) in [6.45, 7) is 11.2. The van der Waals surface area contributed by atoms with Gasteiger partial charge in [-0.25, -0.2) is 0 Å². The summed E-state index contributed by atoms with van der Waals surface area (Å²) < 4.78 is 0. The quantitative estimate of drug-likeness (QED) is 0.799. The molecule has 17 heavy (non-hydrogen) atoms. The van der Waals surface area contributed by atoms with Crippen LogP contribution < -0.4 is 5.32 Å². The van der Waals surface area contributed by atoms with E-state index >= 15 is 0 Å². The van der Waals surface area contributed by atoms with Gasteiger partial charge in [-0.15, -0.1) is 0 Å². The topological polar surface area (TPSA) is 32.3 Å². The second kappa shape index (κ2) is 7.00. The molecule has 1 aliphatic carbocycles. The average molecular weight is 240 g/mol. The zero-order valence-electron chi connectivity index (χ0n) is 11.8. The van der Waals surface area contributed by atoms with Gasteiger partial charge < -0.3 is 5.32 Å². The second-order valence-electron chi connectivity index (χ2n) is 5.40. The molecule has 0 heterocycles. The molecule has 1 fully saturated rings. The lowest BCUT2D eigenvalue weighted by molar-refractivity contribution is -0.123. The van der Waals surface area contributed by atoms with Gasteiger partial charge in [0, 0.05) is 6.04 Å². The van der Waals surface area contributed by atoms with Crippen molar-refractivity contribution in [1.82, 2.24) is 10.2 Å². The lowest BCUT2D eigenvalue weighted by Gasteiger charge is -2.35. The summed E-state index contributed by atoms with van der Waals surface area (Å²) in [5, 5.41) is 3.22. The normalized spacial score (nSPS) is 29.4. The van der Waals surface area contributed by atoms with Crippen molar-refractivity contribution in [2.45, 2.75) is 53.0 Å². The average Bonchev–Trinajstić information content (AvgIpc) is 2.32. The van der Waals surface area contributed by atoms with Crippen molar-refractivity contribution in [3.8, 4) is 0 Å². The Balaban J connectivity index is 2.39. The van der Waals surface area contributed by atoms with Gasteiger partial charge in [0.15, 0.2) is 0 Å². The highest BCUT2D eigenvalue weighted by Crippen LogP contribution is 2.29. The van der Waals surface area contributed by atoms with Crippen LogP contribution in [0.5, 0.6) is 0 Å². The van der Waals surface area contributed by atoms with Crippen molar-refractivity contribution in [2.75, 3.05) is 19.6 Å². The molecule has 3 nitrogen and oxygen atoms in total. The fourth-order valence-electron chi connectivity index (χ4n) is 2.69. The minimum absolute atomic E-state index is 0.194. The Kier molecular flexibility index (Phi) is 5.96.